The van der Waals surface area contributed by atoms with Crippen molar-refractivity contribution in [3.8, 4) is 0 Å². The molecule has 0 unspecified atom stereocenters. The predicted molar refractivity (Wildman–Crippen MR) is 93.5 cm³/mol. The van der Waals surface area contributed by atoms with Crippen molar-refractivity contribution in [1.29, 1.82) is 0 Å². The van der Waals surface area contributed by atoms with Crippen LogP contribution in [0.1, 0.15) is 11.1 Å². The maximum absolute atomic E-state index is 12.0. The highest BCUT2D eigenvalue weighted by atomic mass is 32.2. The number of rotatable bonds is 4. The van der Waals surface area contributed by atoms with Crippen molar-refractivity contribution in [3.05, 3.63) is 53.6 Å². The zero-order valence-corrected chi connectivity index (χ0v) is 14.0. The Morgan fingerprint density at radius 1 is 0.826 bits per heavy atom. The summed E-state index contributed by atoms with van der Waals surface area (Å²) in [4.78, 5) is 12.0. The highest BCUT2D eigenvalue weighted by Gasteiger charge is 2.05. The van der Waals surface area contributed by atoms with E-state index in [1.807, 2.05) is 32.0 Å². The van der Waals surface area contributed by atoms with Crippen molar-refractivity contribution < 1.29 is 13.2 Å². The van der Waals surface area contributed by atoms with Gasteiger partial charge in [0.25, 0.3) is 0 Å². The van der Waals surface area contributed by atoms with E-state index in [-0.39, 0.29) is 6.03 Å². The zero-order valence-electron chi connectivity index (χ0n) is 13.2. The fraction of sp³-hybridized carbons (Fsp3) is 0.188. The maximum Gasteiger partial charge on any atom is 0.323 e. The van der Waals surface area contributed by atoms with Crippen LogP contribution in [0.15, 0.2) is 42.5 Å². The minimum atomic E-state index is -3.31. The van der Waals surface area contributed by atoms with Crippen LogP contribution in [0.25, 0.3) is 0 Å². The van der Waals surface area contributed by atoms with Crippen LogP contribution in [0.5, 0.6) is 0 Å². The first-order valence-corrected chi connectivity index (χ1v) is 8.84. The first-order valence-electron chi connectivity index (χ1n) is 6.95. The lowest BCUT2D eigenvalue weighted by atomic mass is 10.1. The van der Waals surface area contributed by atoms with Crippen LogP contribution in [0, 0.1) is 13.8 Å². The van der Waals surface area contributed by atoms with Gasteiger partial charge in [0.2, 0.25) is 10.0 Å². The van der Waals surface area contributed by atoms with E-state index in [1.165, 1.54) is 0 Å². The summed E-state index contributed by atoms with van der Waals surface area (Å²) in [5.41, 5.74) is 3.85. The SMILES string of the molecule is Cc1cc(C)cc(NC(=O)Nc2ccc(NS(C)(=O)=O)cc2)c1. The van der Waals surface area contributed by atoms with Gasteiger partial charge in [-0.3, -0.25) is 4.72 Å². The van der Waals surface area contributed by atoms with Gasteiger partial charge in [0.15, 0.2) is 0 Å². The summed E-state index contributed by atoms with van der Waals surface area (Å²) < 4.78 is 24.6. The molecule has 3 N–H and O–H groups in total. The number of nitrogens with one attached hydrogen (secondary N) is 3. The Balaban J connectivity index is 2.00. The topological polar surface area (TPSA) is 87.3 Å². The van der Waals surface area contributed by atoms with Crippen molar-refractivity contribution in [1.82, 2.24) is 0 Å². The van der Waals surface area contributed by atoms with Gasteiger partial charge in [-0.25, -0.2) is 13.2 Å². The Morgan fingerprint density at radius 3 is 1.83 bits per heavy atom. The smallest absolute Gasteiger partial charge is 0.308 e. The molecular weight excluding hydrogens is 314 g/mol. The second-order valence-electron chi connectivity index (χ2n) is 5.41. The maximum atomic E-state index is 12.0. The molecular formula is C16H19N3O3S. The fourth-order valence-corrected chi connectivity index (χ4v) is 2.74. The molecule has 2 aromatic carbocycles. The van der Waals surface area contributed by atoms with E-state index in [9.17, 15) is 13.2 Å². The number of hydrogen-bond acceptors (Lipinski definition) is 3. The molecule has 2 rings (SSSR count). The second kappa shape index (κ2) is 6.70. The fourth-order valence-electron chi connectivity index (χ4n) is 2.18. The van der Waals surface area contributed by atoms with E-state index < -0.39 is 10.0 Å². The summed E-state index contributed by atoms with van der Waals surface area (Å²) in [7, 11) is -3.31. The highest BCUT2D eigenvalue weighted by molar-refractivity contribution is 7.92. The molecule has 122 valence electrons. The molecule has 0 heterocycles. The monoisotopic (exact) mass is 333 g/mol. The van der Waals surface area contributed by atoms with E-state index in [0.717, 1.165) is 23.1 Å². The van der Waals surface area contributed by atoms with Crippen molar-refractivity contribution in [2.45, 2.75) is 13.8 Å². The summed E-state index contributed by atoms with van der Waals surface area (Å²) in [5.74, 6) is 0. The Morgan fingerprint density at radius 2 is 1.30 bits per heavy atom. The van der Waals surface area contributed by atoms with Gasteiger partial charge in [-0.05, 0) is 61.4 Å². The van der Waals surface area contributed by atoms with Crippen LogP contribution in [0.3, 0.4) is 0 Å². The average Bonchev–Trinajstić information content (AvgIpc) is 2.38. The van der Waals surface area contributed by atoms with Gasteiger partial charge < -0.3 is 10.6 Å². The molecule has 0 saturated heterocycles. The Hall–Kier alpha value is -2.54. The number of urea groups is 1. The number of carbonyl (C=O) groups is 1. The van der Waals surface area contributed by atoms with E-state index in [4.69, 9.17) is 0 Å². The molecule has 0 atom stereocenters. The number of benzene rings is 2. The lowest BCUT2D eigenvalue weighted by Gasteiger charge is -2.10. The van der Waals surface area contributed by atoms with Crippen molar-refractivity contribution in [3.63, 3.8) is 0 Å². The minimum Gasteiger partial charge on any atom is -0.308 e. The van der Waals surface area contributed by atoms with Gasteiger partial charge in [-0.2, -0.15) is 0 Å². The van der Waals surface area contributed by atoms with Crippen molar-refractivity contribution in [2.24, 2.45) is 0 Å². The summed E-state index contributed by atoms with van der Waals surface area (Å²) in [6.07, 6.45) is 1.08. The number of hydrogen-bond donors (Lipinski definition) is 3. The van der Waals surface area contributed by atoms with Crippen LogP contribution >= 0.6 is 0 Å². The molecule has 6 nitrogen and oxygen atoms in total. The molecule has 0 aliphatic heterocycles. The van der Waals surface area contributed by atoms with E-state index in [0.29, 0.717) is 11.4 Å². The second-order valence-corrected chi connectivity index (χ2v) is 7.16. The quantitative estimate of drug-likeness (QED) is 0.802. The lowest BCUT2D eigenvalue weighted by molar-refractivity contribution is 0.262. The molecule has 7 heteroatoms. The number of anilines is 3. The van der Waals surface area contributed by atoms with Gasteiger partial charge in [0.05, 0.1) is 6.26 Å². The molecule has 0 bridgehead atoms. The normalized spacial score (nSPS) is 10.9. The third-order valence-corrected chi connectivity index (χ3v) is 3.53. The van der Waals surface area contributed by atoms with Gasteiger partial charge in [-0.15, -0.1) is 0 Å². The van der Waals surface area contributed by atoms with Crippen LogP contribution in [-0.2, 0) is 10.0 Å². The molecule has 0 radical (unpaired) electrons. The van der Waals surface area contributed by atoms with Gasteiger partial charge in [0.1, 0.15) is 0 Å². The average molecular weight is 333 g/mol. The van der Waals surface area contributed by atoms with Crippen molar-refractivity contribution in [2.75, 3.05) is 21.6 Å². The zero-order chi connectivity index (χ0) is 17.0. The molecule has 2 aromatic rings. The third kappa shape index (κ3) is 5.63. The molecule has 2 amide bonds. The number of carbonyl (C=O) groups excluding carboxylic acids is 1. The molecule has 0 saturated carbocycles. The third-order valence-electron chi connectivity index (χ3n) is 2.93. The largest absolute Gasteiger partial charge is 0.323 e. The highest BCUT2D eigenvalue weighted by Crippen LogP contribution is 2.16. The van der Waals surface area contributed by atoms with Crippen molar-refractivity contribution >= 4 is 33.1 Å². The van der Waals surface area contributed by atoms with E-state index >= 15 is 0 Å². The minimum absolute atomic E-state index is 0.362. The Bertz CT molecular complexity index is 795. The molecule has 0 aliphatic carbocycles. The van der Waals surface area contributed by atoms with E-state index in [1.54, 1.807) is 24.3 Å². The van der Waals surface area contributed by atoms with Crippen LogP contribution in [-0.4, -0.2) is 20.7 Å². The lowest BCUT2D eigenvalue weighted by Crippen LogP contribution is -2.19. The number of sulfonamides is 1. The van der Waals surface area contributed by atoms with Crippen LogP contribution in [0.2, 0.25) is 0 Å². The molecule has 0 spiro atoms. The van der Waals surface area contributed by atoms with Gasteiger partial charge in [-0.1, -0.05) is 6.07 Å². The van der Waals surface area contributed by atoms with E-state index in [2.05, 4.69) is 15.4 Å². The Labute approximate surface area is 136 Å². The summed E-state index contributed by atoms with van der Waals surface area (Å²) in [6, 6.07) is 11.8. The van der Waals surface area contributed by atoms with Crippen LogP contribution < -0.4 is 15.4 Å². The Kier molecular flexibility index (Phi) is 4.90. The number of amides is 2. The standard InChI is InChI=1S/C16H19N3O3S/c1-11-8-12(2)10-15(9-11)18-16(20)17-13-4-6-14(7-5-13)19-23(3,21)22/h4-10,19H,1-3H3,(H2,17,18,20). The van der Waals surface area contributed by atoms with Gasteiger partial charge >= 0.3 is 6.03 Å². The summed E-state index contributed by atoms with van der Waals surface area (Å²) in [5, 5.41) is 5.46. The first kappa shape index (κ1) is 16.8. The number of aryl methyl sites for hydroxylation is 2. The molecule has 23 heavy (non-hydrogen) atoms. The summed E-state index contributed by atoms with van der Waals surface area (Å²) in [6.45, 7) is 3.92. The first-order chi connectivity index (χ1) is 10.7. The van der Waals surface area contributed by atoms with Crippen LogP contribution in [0.4, 0.5) is 21.9 Å². The molecule has 0 fully saturated rings. The molecule has 0 aliphatic rings. The van der Waals surface area contributed by atoms with Gasteiger partial charge in [0, 0.05) is 17.1 Å². The molecule has 0 aromatic heterocycles. The summed E-state index contributed by atoms with van der Waals surface area (Å²) >= 11 is 0. The predicted octanol–water partition coefficient (Wildman–Crippen LogP) is 3.32.